The number of nitrogens with one attached hydrogen (secondary N) is 2. The Bertz CT molecular complexity index is 641. The predicted octanol–water partition coefficient (Wildman–Crippen LogP) is 2.31. The topological polar surface area (TPSA) is 58.2 Å². The second kappa shape index (κ2) is 6.01. The van der Waals surface area contributed by atoms with Crippen molar-refractivity contribution in [2.45, 2.75) is 9.79 Å². The van der Waals surface area contributed by atoms with Crippen LogP contribution in [-0.2, 0) is 0 Å². The summed E-state index contributed by atoms with van der Waals surface area (Å²) in [6.45, 7) is 0.817. The zero-order valence-electron chi connectivity index (χ0n) is 11.3. The number of carbonyl (C=O) groups excluding carboxylic acids is 2. The molecule has 0 saturated heterocycles. The lowest BCUT2D eigenvalue weighted by atomic mass is 10.2. The predicted molar refractivity (Wildman–Crippen MR) is 81.7 cm³/mol. The Balaban J connectivity index is 2.09. The molecule has 0 radical (unpaired) electrons. The van der Waals surface area contributed by atoms with Gasteiger partial charge < -0.3 is 10.6 Å². The number of hydrogen-bond acceptors (Lipinski definition) is 3. The molecule has 21 heavy (non-hydrogen) atoms. The van der Waals surface area contributed by atoms with Crippen LogP contribution in [0, 0.1) is 0 Å². The number of hydrogen-bond donors (Lipinski definition) is 2. The fourth-order valence-corrected chi connectivity index (χ4v) is 3.22. The van der Waals surface area contributed by atoms with E-state index in [1.165, 1.54) is 11.8 Å². The average molecular weight is 298 g/mol. The van der Waals surface area contributed by atoms with E-state index in [1.807, 2.05) is 36.4 Å². The number of amides is 2. The van der Waals surface area contributed by atoms with Crippen LogP contribution in [0.3, 0.4) is 0 Å². The minimum Gasteiger partial charge on any atom is -0.350 e. The summed E-state index contributed by atoms with van der Waals surface area (Å²) in [4.78, 5) is 26.1. The summed E-state index contributed by atoms with van der Waals surface area (Å²) < 4.78 is 0. The van der Waals surface area contributed by atoms with Crippen molar-refractivity contribution in [1.82, 2.24) is 10.6 Å². The molecule has 0 fully saturated rings. The maximum Gasteiger partial charge on any atom is 0.252 e. The molecule has 2 aromatic rings. The van der Waals surface area contributed by atoms with E-state index in [0.29, 0.717) is 24.2 Å². The second-order valence-corrected chi connectivity index (χ2v) is 5.69. The van der Waals surface area contributed by atoms with Gasteiger partial charge in [0.25, 0.3) is 11.8 Å². The summed E-state index contributed by atoms with van der Waals surface area (Å²) in [5, 5.41) is 5.63. The second-order valence-electron chi connectivity index (χ2n) is 4.61. The highest BCUT2D eigenvalue weighted by molar-refractivity contribution is 7.99. The van der Waals surface area contributed by atoms with E-state index in [0.717, 1.165) is 9.79 Å². The van der Waals surface area contributed by atoms with E-state index in [2.05, 4.69) is 10.6 Å². The first-order valence-corrected chi connectivity index (χ1v) is 7.49. The molecule has 2 amide bonds. The molecule has 3 rings (SSSR count). The van der Waals surface area contributed by atoms with Gasteiger partial charge >= 0.3 is 0 Å². The first kappa shape index (κ1) is 13.7. The molecule has 0 spiro atoms. The highest BCUT2D eigenvalue weighted by atomic mass is 32.2. The van der Waals surface area contributed by atoms with Gasteiger partial charge in [-0.2, -0.15) is 0 Å². The SMILES string of the molecule is O=C1NCCNC(=O)c2ccccc2Sc2ccccc21. The molecule has 2 aromatic carbocycles. The smallest absolute Gasteiger partial charge is 0.252 e. The Labute approximate surface area is 126 Å². The van der Waals surface area contributed by atoms with E-state index < -0.39 is 0 Å². The third-order valence-electron chi connectivity index (χ3n) is 3.18. The molecule has 5 heteroatoms. The zero-order chi connectivity index (χ0) is 14.7. The van der Waals surface area contributed by atoms with Crippen molar-refractivity contribution < 1.29 is 9.59 Å². The molecular formula is C16H14N2O2S. The maximum absolute atomic E-state index is 12.2. The van der Waals surface area contributed by atoms with Crippen molar-refractivity contribution in [3.8, 4) is 0 Å². The molecule has 4 nitrogen and oxygen atoms in total. The van der Waals surface area contributed by atoms with Crippen molar-refractivity contribution in [3.63, 3.8) is 0 Å². The largest absolute Gasteiger partial charge is 0.350 e. The molecule has 1 aliphatic rings. The van der Waals surface area contributed by atoms with Gasteiger partial charge in [-0.3, -0.25) is 9.59 Å². The van der Waals surface area contributed by atoms with Crippen molar-refractivity contribution in [2.24, 2.45) is 0 Å². The fraction of sp³-hybridized carbons (Fsp3) is 0.125. The molecule has 0 atom stereocenters. The van der Waals surface area contributed by atoms with E-state index in [4.69, 9.17) is 0 Å². The quantitative estimate of drug-likeness (QED) is 0.784. The highest BCUT2D eigenvalue weighted by Crippen LogP contribution is 2.33. The van der Waals surface area contributed by atoms with Crippen molar-refractivity contribution in [3.05, 3.63) is 59.7 Å². The van der Waals surface area contributed by atoms with Gasteiger partial charge in [0.05, 0.1) is 11.1 Å². The first-order valence-electron chi connectivity index (χ1n) is 6.68. The van der Waals surface area contributed by atoms with Crippen molar-refractivity contribution in [1.29, 1.82) is 0 Å². The van der Waals surface area contributed by atoms with Gasteiger partial charge in [0.1, 0.15) is 0 Å². The summed E-state index contributed by atoms with van der Waals surface area (Å²) in [7, 11) is 0. The van der Waals surface area contributed by atoms with Crippen molar-refractivity contribution >= 4 is 23.6 Å². The number of rotatable bonds is 0. The summed E-state index contributed by atoms with van der Waals surface area (Å²) in [6.07, 6.45) is 0. The minimum absolute atomic E-state index is 0.119. The molecule has 1 heterocycles. The Morgan fingerprint density at radius 2 is 1.14 bits per heavy atom. The molecular weight excluding hydrogens is 284 g/mol. The van der Waals surface area contributed by atoms with Gasteiger partial charge in [-0.1, -0.05) is 36.0 Å². The van der Waals surface area contributed by atoms with Gasteiger partial charge in [0.2, 0.25) is 0 Å². The first-order chi connectivity index (χ1) is 10.3. The molecule has 0 unspecified atom stereocenters. The number of carbonyl (C=O) groups is 2. The molecule has 0 aromatic heterocycles. The van der Waals surface area contributed by atoms with Crippen LogP contribution in [0.2, 0.25) is 0 Å². The lowest BCUT2D eigenvalue weighted by Crippen LogP contribution is -2.34. The Morgan fingerprint density at radius 3 is 1.62 bits per heavy atom. The van der Waals surface area contributed by atoms with E-state index in [1.54, 1.807) is 12.1 Å². The van der Waals surface area contributed by atoms with Crippen LogP contribution in [0.4, 0.5) is 0 Å². The normalized spacial score (nSPS) is 15.0. The average Bonchev–Trinajstić information content (AvgIpc) is 2.53. The van der Waals surface area contributed by atoms with Gasteiger partial charge in [0, 0.05) is 22.9 Å². The lowest BCUT2D eigenvalue weighted by Gasteiger charge is -2.09. The summed E-state index contributed by atoms with van der Waals surface area (Å²) >= 11 is 1.43. The third kappa shape index (κ3) is 2.92. The van der Waals surface area contributed by atoms with Gasteiger partial charge in [0.15, 0.2) is 0 Å². The summed E-state index contributed by atoms with van der Waals surface area (Å²) in [5.74, 6) is -0.238. The third-order valence-corrected chi connectivity index (χ3v) is 4.33. The van der Waals surface area contributed by atoms with Crippen LogP contribution in [0.15, 0.2) is 58.3 Å². The van der Waals surface area contributed by atoms with E-state index >= 15 is 0 Å². The monoisotopic (exact) mass is 298 g/mol. The number of benzene rings is 2. The summed E-state index contributed by atoms with van der Waals surface area (Å²) in [5.41, 5.74) is 1.26. The maximum atomic E-state index is 12.2. The van der Waals surface area contributed by atoms with Crippen molar-refractivity contribution in [2.75, 3.05) is 13.1 Å². The van der Waals surface area contributed by atoms with Crippen LogP contribution in [0.5, 0.6) is 0 Å². The number of fused-ring (bicyclic) bond motifs is 2. The molecule has 0 saturated carbocycles. The molecule has 0 bridgehead atoms. The zero-order valence-corrected chi connectivity index (χ0v) is 12.1. The van der Waals surface area contributed by atoms with Gasteiger partial charge in [-0.05, 0) is 24.3 Å². The Hall–Kier alpha value is -2.27. The van der Waals surface area contributed by atoms with E-state index in [9.17, 15) is 9.59 Å². The lowest BCUT2D eigenvalue weighted by molar-refractivity contribution is 0.0925. The summed E-state index contributed by atoms with van der Waals surface area (Å²) in [6, 6.07) is 14.9. The van der Waals surface area contributed by atoms with Gasteiger partial charge in [-0.25, -0.2) is 0 Å². The fourth-order valence-electron chi connectivity index (χ4n) is 2.15. The highest BCUT2D eigenvalue weighted by Gasteiger charge is 2.17. The molecule has 2 N–H and O–H groups in total. The van der Waals surface area contributed by atoms with Crippen LogP contribution in [0.1, 0.15) is 20.7 Å². The molecule has 0 aliphatic carbocycles. The Kier molecular flexibility index (Phi) is 3.92. The standard InChI is InChI=1S/C16H14N2O2S/c19-15-11-5-1-3-7-13(11)21-14-8-4-2-6-12(14)16(20)18-10-9-17-15/h1-8H,9-10H2,(H,17,19)(H,18,20). The molecule has 1 aliphatic heterocycles. The van der Waals surface area contributed by atoms with Crippen LogP contribution in [-0.4, -0.2) is 24.9 Å². The van der Waals surface area contributed by atoms with Crippen LogP contribution in [0.25, 0.3) is 0 Å². The van der Waals surface area contributed by atoms with E-state index in [-0.39, 0.29) is 11.8 Å². The van der Waals surface area contributed by atoms with Crippen LogP contribution >= 0.6 is 11.8 Å². The molecule has 106 valence electrons. The minimum atomic E-state index is -0.119. The van der Waals surface area contributed by atoms with Gasteiger partial charge in [-0.15, -0.1) is 0 Å². The Morgan fingerprint density at radius 1 is 0.714 bits per heavy atom. The van der Waals surface area contributed by atoms with Crippen LogP contribution < -0.4 is 10.6 Å².